The third-order valence-electron chi connectivity index (χ3n) is 2.66. The molecule has 0 saturated carbocycles. The number of aliphatic hydroxyl groups is 2. The first-order valence-electron chi connectivity index (χ1n) is 5.04. The maximum absolute atomic E-state index is 13.7. The summed E-state index contributed by atoms with van der Waals surface area (Å²) in [7, 11) is 0. The number of aliphatic hydroxyl groups excluding tert-OH is 2. The van der Waals surface area contributed by atoms with Crippen LogP contribution in [0.2, 0.25) is 0 Å². The lowest BCUT2D eigenvalue weighted by molar-refractivity contribution is -0.140. The van der Waals surface area contributed by atoms with Gasteiger partial charge in [0.1, 0.15) is 11.9 Å². The topological polar surface area (TPSA) is 111 Å². The van der Waals surface area contributed by atoms with Gasteiger partial charge in [0.05, 0.1) is 6.61 Å². The number of aromatic nitrogens is 2. The fraction of sp³-hybridized carbons (Fsp3) is 0.556. The normalized spacial score (nSPS) is 28.9. The van der Waals surface area contributed by atoms with Gasteiger partial charge >= 0.3 is 11.6 Å². The number of alkyl halides is 2. The summed E-state index contributed by atoms with van der Waals surface area (Å²) in [6.07, 6.45) is -4.69. The highest BCUT2D eigenvalue weighted by Crippen LogP contribution is 2.41. The van der Waals surface area contributed by atoms with Crippen molar-refractivity contribution in [3.63, 3.8) is 0 Å². The SMILES string of the molecule is Cl.Nc1ccn([C@@H]2O[C@H](CO)[C@H](O)C2(F)F)c(=O)n1. The standard InChI is InChI=1S/C9H11F2N3O4.ClH/c10-9(11)6(16)4(3-15)18-7(9)14-2-1-5(12)13-8(14)17;/h1-2,4,6-7,15-16H,3H2,(H2,12,13,17);1H/t4-,6+,7-;/m1./s1. The number of halogens is 3. The molecular formula is C9H12ClF2N3O4. The molecule has 0 spiro atoms. The van der Waals surface area contributed by atoms with Gasteiger partial charge in [0, 0.05) is 6.20 Å². The third kappa shape index (κ3) is 2.54. The monoisotopic (exact) mass is 299 g/mol. The molecule has 0 unspecified atom stereocenters. The van der Waals surface area contributed by atoms with Crippen LogP contribution in [0.25, 0.3) is 0 Å². The van der Waals surface area contributed by atoms with Crippen LogP contribution in [0.4, 0.5) is 14.6 Å². The Hall–Kier alpha value is -1.29. The van der Waals surface area contributed by atoms with Crippen LogP contribution in [0.3, 0.4) is 0 Å². The number of nitrogen functional groups attached to an aromatic ring is 1. The van der Waals surface area contributed by atoms with E-state index in [9.17, 15) is 18.7 Å². The van der Waals surface area contributed by atoms with E-state index in [1.165, 1.54) is 0 Å². The molecule has 0 aliphatic carbocycles. The van der Waals surface area contributed by atoms with Crippen molar-refractivity contribution in [1.82, 2.24) is 9.55 Å². The van der Waals surface area contributed by atoms with E-state index in [0.717, 1.165) is 12.3 Å². The Morgan fingerprint density at radius 1 is 1.58 bits per heavy atom. The van der Waals surface area contributed by atoms with E-state index in [1.807, 2.05) is 0 Å². The minimum atomic E-state index is -3.71. The molecule has 1 aromatic rings. The number of nitrogens with two attached hydrogens (primary N) is 1. The van der Waals surface area contributed by atoms with Gasteiger partial charge in [-0.15, -0.1) is 12.4 Å². The highest BCUT2D eigenvalue weighted by molar-refractivity contribution is 5.85. The Kier molecular flexibility index (Phi) is 4.46. The average molecular weight is 300 g/mol. The molecule has 4 N–H and O–H groups in total. The lowest BCUT2D eigenvalue weighted by atomic mass is 10.1. The number of hydrogen-bond acceptors (Lipinski definition) is 6. The Morgan fingerprint density at radius 2 is 2.21 bits per heavy atom. The van der Waals surface area contributed by atoms with Crippen molar-refractivity contribution in [2.75, 3.05) is 12.3 Å². The molecule has 7 nitrogen and oxygen atoms in total. The summed E-state index contributed by atoms with van der Waals surface area (Å²) in [5.41, 5.74) is 4.21. The van der Waals surface area contributed by atoms with Crippen molar-refractivity contribution in [3.8, 4) is 0 Å². The molecular weight excluding hydrogens is 288 g/mol. The summed E-state index contributed by atoms with van der Waals surface area (Å²) in [5, 5.41) is 18.1. The number of ether oxygens (including phenoxy) is 1. The first kappa shape index (κ1) is 15.8. The average Bonchev–Trinajstić information content (AvgIpc) is 2.52. The molecule has 10 heteroatoms. The highest BCUT2D eigenvalue weighted by atomic mass is 35.5. The molecule has 0 radical (unpaired) electrons. The zero-order chi connectivity index (χ0) is 13.5. The summed E-state index contributed by atoms with van der Waals surface area (Å²) >= 11 is 0. The smallest absolute Gasteiger partial charge is 0.351 e. The summed E-state index contributed by atoms with van der Waals surface area (Å²) < 4.78 is 32.7. The van der Waals surface area contributed by atoms with Gasteiger partial charge in [-0.3, -0.25) is 4.57 Å². The van der Waals surface area contributed by atoms with Gasteiger partial charge in [-0.25, -0.2) is 4.79 Å². The lowest BCUT2D eigenvalue weighted by Crippen LogP contribution is -2.41. The van der Waals surface area contributed by atoms with Crippen LogP contribution >= 0.6 is 12.4 Å². The van der Waals surface area contributed by atoms with Gasteiger partial charge in [0.25, 0.3) is 0 Å². The van der Waals surface area contributed by atoms with Crippen molar-refractivity contribution < 1.29 is 23.7 Å². The Bertz CT molecular complexity index is 512. The van der Waals surface area contributed by atoms with Crippen LogP contribution in [-0.4, -0.2) is 44.5 Å². The van der Waals surface area contributed by atoms with Gasteiger partial charge in [-0.1, -0.05) is 0 Å². The Balaban J connectivity index is 0.00000180. The lowest BCUT2D eigenvalue weighted by Gasteiger charge is -2.20. The number of rotatable bonds is 2. The summed E-state index contributed by atoms with van der Waals surface area (Å²) in [4.78, 5) is 14.7. The second kappa shape index (κ2) is 5.37. The molecule has 1 fully saturated rings. The van der Waals surface area contributed by atoms with Crippen molar-refractivity contribution in [3.05, 3.63) is 22.7 Å². The van der Waals surface area contributed by atoms with Crippen LogP contribution in [0.1, 0.15) is 6.23 Å². The molecule has 1 aliphatic rings. The van der Waals surface area contributed by atoms with Gasteiger partial charge in [0.15, 0.2) is 6.10 Å². The minimum absolute atomic E-state index is 0. The van der Waals surface area contributed by atoms with Crippen LogP contribution in [0, 0.1) is 0 Å². The molecule has 3 atom stereocenters. The minimum Gasteiger partial charge on any atom is -0.394 e. The molecule has 0 amide bonds. The quantitative estimate of drug-likeness (QED) is 0.655. The van der Waals surface area contributed by atoms with E-state index in [-0.39, 0.29) is 18.2 Å². The van der Waals surface area contributed by atoms with Crippen LogP contribution < -0.4 is 11.4 Å². The van der Waals surface area contributed by atoms with Crippen molar-refractivity contribution in [1.29, 1.82) is 0 Å². The van der Waals surface area contributed by atoms with Gasteiger partial charge in [-0.2, -0.15) is 13.8 Å². The van der Waals surface area contributed by atoms with Crippen molar-refractivity contribution >= 4 is 18.2 Å². The second-order valence-corrected chi connectivity index (χ2v) is 3.87. The second-order valence-electron chi connectivity index (χ2n) is 3.87. The predicted molar refractivity (Wildman–Crippen MR) is 62.1 cm³/mol. The fourth-order valence-corrected chi connectivity index (χ4v) is 1.72. The molecule has 0 bridgehead atoms. The van der Waals surface area contributed by atoms with E-state index in [4.69, 9.17) is 15.6 Å². The number of anilines is 1. The molecule has 19 heavy (non-hydrogen) atoms. The zero-order valence-electron chi connectivity index (χ0n) is 9.44. The third-order valence-corrected chi connectivity index (χ3v) is 2.66. The summed E-state index contributed by atoms with van der Waals surface area (Å²) in [5.74, 6) is -3.83. The molecule has 1 aliphatic heterocycles. The van der Waals surface area contributed by atoms with E-state index in [0.29, 0.717) is 4.57 Å². The maximum Gasteiger partial charge on any atom is 0.351 e. The van der Waals surface area contributed by atoms with Gasteiger partial charge < -0.3 is 20.7 Å². The molecule has 108 valence electrons. The molecule has 2 rings (SSSR count). The van der Waals surface area contributed by atoms with Crippen molar-refractivity contribution in [2.24, 2.45) is 0 Å². The van der Waals surface area contributed by atoms with Crippen molar-refractivity contribution in [2.45, 2.75) is 24.4 Å². The maximum atomic E-state index is 13.7. The highest BCUT2D eigenvalue weighted by Gasteiger charge is 2.59. The Morgan fingerprint density at radius 3 is 2.68 bits per heavy atom. The first-order chi connectivity index (χ1) is 8.37. The molecule has 1 saturated heterocycles. The molecule has 1 aromatic heterocycles. The van der Waals surface area contributed by atoms with E-state index >= 15 is 0 Å². The van der Waals surface area contributed by atoms with E-state index in [2.05, 4.69) is 4.98 Å². The molecule has 2 heterocycles. The summed E-state index contributed by atoms with van der Waals surface area (Å²) in [6.45, 7) is -0.787. The Labute approximate surface area is 112 Å². The largest absolute Gasteiger partial charge is 0.394 e. The number of hydrogen-bond donors (Lipinski definition) is 3. The van der Waals surface area contributed by atoms with Crippen LogP contribution in [0.5, 0.6) is 0 Å². The van der Waals surface area contributed by atoms with Crippen LogP contribution in [-0.2, 0) is 4.74 Å². The fourth-order valence-electron chi connectivity index (χ4n) is 1.72. The number of nitrogens with zero attached hydrogens (tertiary/aromatic N) is 2. The van der Waals surface area contributed by atoms with Gasteiger partial charge in [0.2, 0.25) is 6.23 Å². The van der Waals surface area contributed by atoms with Crippen LogP contribution in [0.15, 0.2) is 17.1 Å². The first-order valence-corrected chi connectivity index (χ1v) is 5.04. The van der Waals surface area contributed by atoms with E-state index in [1.54, 1.807) is 0 Å². The van der Waals surface area contributed by atoms with Gasteiger partial charge in [-0.05, 0) is 6.07 Å². The van der Waals surface area contributed by atoms with E-state index < -0.39 is 36.7 Å². The predicted octanol–water partition coefficient (Wildman–Crippen LogP) is -0.867. The molecule has 0 aromatic carbocycles. The zero-order valence-corrected chi connectivity index (χ0v) is 10.3. The summed E-state index contributed by atoms with van der Waals surface area (Å²) in [6, 6.07) is 1.15.